The summed E-state index contributed by atoms with van der Waals surface area (Å²) in [4.78, 5) is 5.81. The second-order valence-electron chi connectivity index (χ2n) is 3.68. The van der Waals surface area contributed by atoms with Crippen molar-refractivity contribution >= 4 is 22.7 Å². The number of para-hydroxylation sites is 1. The van der Waals surface area contributed by atoms with Gasteiger partial charge in [-0.05, 0) is 30.3 Å². The first-order valence-corrected chi connectivity index (χ1v) is 6.23. The predicted molar refractivity (Wildman–Crippen MR) is 71.1 cm³/mol. The van der Waals surface area contributed by atoms with Crippen molar-refractivity contribution in [3.05, 3.63) is 66.7 Å². The minimum atomic E-state index is 1.02. The van der Waals surface area contributed by atoms with Crippen molar-refractivity contribution in [1.29, 1.82) is 0 Å². The minimum Gasteiger partial charge on any atom is -0.241 e. The smallest absolute Gasteiger partial charge is 0.101 e. The predicted octanol–water partition coefficient (Wildman–Crippen LogP) is 4.19. The van der Waals surface area contributed by atoms with Crippen molar-refractivity contribution in [2.45, 2.75) is 9.92 Å². The fraction of sp³-hybridized carbons (Fsp3) is 0. The summed E-state index contributed by atoms with van der Waals surface area (Å²) < 4.78 is 0. The van der Waals surface area contributed by atoms with E-state index in [1.54, 1.807) is 11.8 Å². The molecule has 0 unspecified atom stereocenters. The Kier molecular flexibility index (Phi) is 2.80. The Morgan fingerprint density at radius 3 is 2.59 bits per heavy atom. The summed E-state index contributed by atoms with van der Waals surface area (Å²) in [6.07, 6.45) is 0. The van der Waals surface area contributed by atoms with Crippen molar-refractivity contribution in [3.63, 3.8) is 0 Å². The molecule has 0 aliphatic carbocycles. The number of fused-ring (bicyclic) bond motifs is 1. The summed E-state index contributed by atoms with van der Waals surface area (Å²) in [7, 11) is 0. The normalized spacial score (nSPS) is 10.6. The maximum absolute atomic E-state index is 4.62. The molecule has 0 fully saturated rings. The highest BCUT2D eigenvalue weighted by atomic mass is 32.2. The Bertz CT molecular complexity index is 635. The maximum atomic E-state index is 4.62. The zero-order valence-corrected chi connectivity index (χ0v) is 9.95. The maximum Gasteiger partial charge on any atom is 0.101 e. The van der Waals surface area contributed by atoms with E-state index in [-0.39, 0.29) is 0 Å². The average Bonchev–Trinajstić information content (AvgIpc) is 2.40. The van der Waals surface area contributed by atoms with Gasteiger partial charge in [0.1, 0.15) is 5.03 Å². The molecule has 1 aromatic heterocycles. The van der Waals surface area contributed by atoms with Gasteiger partial charge in [-0.2, -0.15) is 0 Å². The molecule has 2 heteroatoms. The van der Waals surface area contributed by atoms with Gasteiger partial charge in [0.2, 0.25) is 0 Å². The fourth-order valence-corrected chi connectivity index (χ4v) is 2.46. The molecule has 17 heavy (non-hydrogen) atoms. The van der Waals surface area contributed by atoms with E-state index in [4.69, 9.17) is 0 Å². The zero-order valence-electron chi connectivity index (χ0n) is 9.13. The van der Waals surface area contributed by atoms with Gasteiger partial charge in [-0.1, -0.05) is 48.2 Å². The quantitative estimate of drug-likeness (QED) is 0.662. The lowest BCUT2D eigenvalue weighted by Gasteiger charge is -2.02. The van der Waals surface area contributed by atoms with Crippen LogP contribution in [0.4, 0.5) is 0 Å². The van der Waals surface area contributed by atoms with E-state index < -0.39 is 0 Å². The van der Waals surface area contributed by atoms with Crippen LogP contribution in [0.1, 0.15) is 0 Å². The molecule has 0 spiro atoms. The summed E-state index contributed by atoms with van der Waals surface area (Å²) in [5.41, 5.74) is 1.04. The molecule has 0 N–H and O–H groups in total. The molecule has 1 radical (unpaired) electrons. The number of benzene rings is 2. The summed E-state index contributed by atoms with van der Waals surface area (Å²) >= 11 is 1.67. The molecule has 0 bridgehead atoms. The van der Waals surface area contributed by atoms with Gasteiger partial charge in [0.25, 0.3) is 0 Å². The molecule has 0 saturated carbocycles. The van der Waals surface area contributed by atoms with Crippen LogP contribution in [0.3, 0.4) is 0 Å². The Balaban J connectivity index is 1.96. The van der Waals surface area contributed by atoms with Crippen molar-refractivity contribution in [3.8, 4) is 0 Å². The molecular formula is C15H10NS. The molecule has 0 aliphatic heterocycles. The zero-order chi connectivity index (χ0) is 11.5. The van der Waals surface area contributed by atoms with E-state index in [9.17, 15) is 0 Å². The van der Waals surface area contributed by atoms with E-state index in [1.165, 1.54) is 10.3 Å². The molecule has 0 aliphatic rings. The molecule has 0 saturated heterocycles. The molecule has 3 aromatic rings. The number of hydrogen-bond donors (Lipinski definition) is 0. The van der Waals surface area contributed by atoms with Gasteiger partial charge in [-0.25, -0.2) is 4.98 Å². The first kappa shape index (κ1) is 10.4. The fourth-order valence-electron chi connectivity index (χ4n) is 1.66. The van der Waals surface area contributed by atoms with Gasteiger partial charge in [-0.3, -0.25) is 0 Å². The molecule has 81 valence electrons. The molecule has 3 rings (SSSR count). The Labute approximate surface area is 105 Å². The third kappa shape index (κ3) is 2.32. The van der Waals surface area contributed by atoms with Gasteiger partial charge in [-0.15, -0.1) is 0 Å². The van der Waals surface area contributed by atoms with Crippen molar-refractivity contribution in [2.24, 2.45) is 0 Å². The van der Waals surface area contributed by atoms with E-state index in [0.717, 1.165) is 10.5 Å². The van der Waals surface area contributed by atoms with E-state index in [2.05, 4.69) is 29.2 Å². The minimum absolute atomic E-state index is 1.02. The second kappa shape index (κ2) is 4.60. The third-order valence-electron chi connectivity index (χ3n) is 2.48. The van der Waals surface area contributed by atoms with Gasteiger partial charge >= 0.3 is 0 Å². The van der Waals surface area contributed by atoms with Crippen molar-refractivity contribution in [1.82, 2.24) is 4.98 Å². The van der Waals surface area contributed by atoms with Crippen molar-refractivity contribution < 1.29 is 0 Å². The van der Waals surface area contributed by atoms with E-state index >= 15 is 0 Å². The third-order valence-corrected chi connectivity index (χ3v) is 3.43. The van der Waals surface area contributed by atoms with Crippen LogP contribution in [0, 0.1) is 6.07 Å². The molecule has 1 heterocycles. The second-order valence-corrected chi connectivity index (χ2v) is 4.77. The highest BCUT2D eigenvalue weighted by molar-refractivity contribution is 7.99. The number of pyridine rings is 1. The van der Waals surface area contributed by atoms with E-state index in [0.29, 0.717) is 0 Å². The highest BCUT2D eigenvalue weighted by Gasteiger charge is 1.99. The Morgan fingerprint density at radius 2 is 1.71 bits per heavy atom. The summed E-state index contributed by atoms with van der Waals surface area (Å²) in [5, 5.41) is 2.20. The lowest BCUT2D eigenvalue weighted by atomic mass is 10.2. The molecule has 0 atom stereocenters. The standard InChI is InChI=1S/C15H10NS/c1-2-7-13(8-3-1)17-15-11-10-12-6-4-5-9-14(12)16-15/h2-11H. The van der Waals surface area contributed by atoms with Crippen LogP contribution in [-0.2, 0) is 0 Å². The molecule has 1 nitrogen and oxygen atoms in total. The topological polar surface area (TPSA) is 12.9 Å². The van der Waals surface area contributed by atoms with Gasteiger partial charge in [0, 0.05) is 10.3 Å². The number of nitrogens with zero attached hydrogens (tertiary/aromatic N) is 1. The van der Waals surface area contributed by atoms with Crippen LogP contribution >= 0.6 is 11.8 Å². The van der Waals surface area contributed by atoms with Gasteiger partial charge in [0.15, 0.2) is 0 Å². The first-order chi connectivity index (χ1) is 8.42. The first-order valence-electron chi connectivity index (χ1n) is 5.41. The number of rotatable bonds is 2. The molecular weight excluding hydrogens is 226 g/mol. The van der Waals surface area contributed by atoms with Crippen molar-refractivity contribution in [2.75, 3.05) is 0 Å². The number of aromatic nitrogens is 1. The monoisotopic (exact) mass is 236 g/mol. The van der Waals surface area contributed by atoms with Crippen LogP contribution in [0.2, 0.25) is 0 Å². The number of hydrogen-bond acceptors (Lipinski definition) is 2. The lowest BCUT2D eigenvalue weighted by molar-refractivity contribution is 1.19. The summed E-state index contributed by atoms with van der Waals surface area (Å²) in [6.45, 7) is 0. The van der Waals surface area contributed by atoms with Crippen LogP contribution in [0.5, 0.6) is 0 Å². The summed E-state index contributed by atoms with van der Waals surface area (Å²) in [5.74, 6) is 0. The molecule has 2 aromatic carbocycles. The van der Waals surface area contributed by atoms with Gasteiger partial charge in [0.05, 0.1) is 5.52 Å². The Hall–Kier alpha value is -1.80. The van der Waals surface area contributed by atoms with E-state index in [1.807, 2.05) is 42.5 Å². The lowest BCUT2D eigenvalue weighted by Crippen LogP contribution is -1.82. The molecule has 0 amide bonds. The van der Waals surface area contributed by atoms with Gasteiger partial charge < -0.3 is 0 Å². The SMILES string of the molecule is [c]1ccc(Sc2ccc3ccccc3n2)cc1. The Morgan fingerprint density at radius 1 is 0.882 bits per heavy atom. The van der Waals surface area contributed by atoms with Crippen LogP contribution in [0.15, 0.2) is 70.6 Å². The average molecular weight is 236 g/mol. The van der Waals surface area contributed by atoms with Crippen LogP contribution in [-0.4, -0.2) is 4.98 Å². The van der Waals surface area contributed by atoms with Crippen LogP contribution < -0.4 is 0 Å². The highest BCUT2D eigenvalue weighted by Crippen LogP contribution is 2.26. The summed E-state index contributed by atoms with van der Waals surface area (Å²) in [6, 6.07) is 23.3. The largest absolute Gasteiger partial charge is 0.241 e. The van der Waals surface area contributed by atoms with Crippen LogP contribution in [0.25, 0.3) is 10.9 Å².